The van der Waals surface area contributed by atoms with Crippen molar-refractivity contribution in [1.29, 1.82) is 0 Å². The third-order valence-electron chi connectivity index (χ3n) is 11.2. The Bertz CT molecular complexity index is 2790. The van der Waals surface area contributed by atoms with Crippen LogP contribution in [0.15, 0.2) is 84.9 Å². The predicted octanol–water partition coefficient (Wildman–Crippen LogP) is 27.9. The maximum absolute atomic E-state index is 10.4. The van der Waals surface area contributed by atoms with Gasteiger partial charge in [0, 0.05) is 78.7 Å². The normalized spacial score (nSPS) is 11.1. The molecule has 0 amide bonds. The minimum absolute atomic E-state index is 0. The van der Waals surface area contributed by atoms with Crippen LogP contribution >= 0.6 is 91.3 Å². The molecule has 0 saturated heterocycles. The van der Waals surface area contributed by atoms with E-state index in [1.165, 1.54) is 68.5 Å². The number of hydrogen-bond acceptors (Lipinski definition) is 19. The summed E-state index contributed by atoms with van der Waals surface area (Å²) in [6, 6.07) is 6.26. The third kappa shape index (κ3) is 55.1. The van der Waals surface area contributed by atoms with Crippen LogP contribution in [0, 0.1) is 20.8 Å². The molecule has 0 fully saturated rings. The fraction of sp³-hybridized carbons (Fsp3) is 0.649. The second-order valence-corrected chi connectivity index (χ2v) is 36.1. The average molecular weight is 1530 g/mol. The quantitative estimate of drug-likeness (QED) is 0.143. The van der Waals surface area contributed by atoms with Crippen molar-refractivity contribution in [1.82, 2.24) is 53.0 Å². The summed E-state index contributed by atoms with van der Waals surface area (Å²) >= 11 is 12.9. The van der Waals surface area contributed by atoms with Gasteiger partial charge in [-0.1, -0.05) is 256 Å². The van der Waals surface area contributed by atoms with Crippen molar-refractivity contribution in [2.24, 2.45) is 0 Å². The van der Waals surface area contributed by atoms with Crippen molar-refractivity contribution in [3.05, 3.63) is 151 Å². The van der Waals surface area contributed by atoms with E-state index in [0.717, 1.165) is 32.5 Å². The summed E-state index contributed by atoms with van der Waals surface area (Å²) in [5, 5.41) is 16.1. The van der Waals surface area contributed by atoms with Gasteiger partial charge in [0.15, 0.2) is 0 Å². The van der Waals surface area contributed by atoms with E-state index >= 15 is 0 Å². The van der Waals surface area contributed by atoms with Crippen molar-refractivity contribution in [2.45, 2.75) is 332 Å². The molecule has 0 aliphatic rings. The number of nitrogens with zero attached hydrogens (tertiary/aromatic N) is 11. The molecular weight excluding hydrogens is 1390 g/mol. The highest BCUT2D eigenvalue weighted by atomic mass is 32.1. The van der Waals surface area contributed by atoms with Crippen molar-refractivity contribution in [3.8, 4) is 0 Å². The second-order valence-electron chi connectivity index (χ2n) is 30.2. The van der Waals surface area contributed by atoms with Crippen LogP contribution in [-0.4, -0.2) is 59.2 Å². The third-order valence-corrected chi connectivity index (χ3v) is 18.0. The SMILES string of the molecule is C.CC.CC.CC.CC.CC(C)(C)c1cccnc1.CC(C)(C)c1ccsc1.CC(C)(C)c1cscn1.CC(C)(C)c1cscn1.CC(C)(C)c1cscn1.CC(C)(C)c1cscn1.CC(F)(F)F.Cc1nsc(C(C)(C)C)n1.Cc1nsc(C(C)(C)C)n1.Cc1nsc(C(C)(C)C)n1. The molecule has 568 valence electrons. The van der Waals surface area contributed by atoms with Crippen molar-refractivity contribution >= 4 is 91.3 Å². The second kappa shape index (κ2) is 51.1. The van der Waals surface area contributed by atoms with Gasteiger partial charge in [0.25, 0.3) is 0 Å². The first kappa shape index (κ1) is 106. The van der Waals surface area contributed by atoms with Crippen LogP contribution in [0.1, 0.15) is 323 Å². The smallest absolute Gasteiger partial charge is 0.264 e. The lowest BCUT2D eigenvalue weighted by Gasteiger charge is -2.17. The number of alkyl halides is 3. The molecule has 0 aliphatic carbocycles. The van der Waals surface area contributed by atoms with Crippen LogP contribution in [-0.2, 0) is 48.7 Å². The van der Waals surface area contributed by atoms with Gasteiger partial charge in [0.05, 0.1) is 44.8 Å². The van der Waals surface area contributed by atoms with Crippen molar-refractivity contribution in [2.75, 3.05) is 0 Å². The zero-order chi connectivity index (χ0) is 78.0. The number of hydrogen-bond donors (Lipinski definition) is 0. The molecule has 0 spiro atoms. The molecule has 11 nitrogen and oxygen atoms in total. The first-order valence-electron chi connectivity index (χ1n) is 33.6. The molecule has 9 aromatic rings. The van der Waals surface area contributed by atoms with E-state index in [0.29, 0.717) is 5.41 Å². The Hall–Kier alpha value is -4.16. The lowest BCUT2D eigenvalue weighted by atomic mass is 9.88. The summed E-state index contributed by atoms with van der Waals surface area (Å²) in [4.78, 5) is 33.7. The Labute approximate surface area is 636 Å². The van der Waals surface area contributed by atoms with Gasteiger partial charge in [-0.05, 0) is 100 Å². The number of thiazole rings is 4. The number of aryl methyl sites for hydroxylation is 3. The Kier molecular flexibility index (Phi) is 54.6. The molecule has 9 heterocycles. The maximum Gasteiger partial charge on any atom is 0.386 e. The molecule has 0 aliphatic heterocycles. The van der Waals surface area contributed by atoms with Crippen LogP contribution < -0.4 is 0 Å². The number of aromatic nitrogens is 11. The predicted molar refractivity (Wildman–Crippen MR) is 443 cm³/mol. The van der Waals surface area contributed by atoms with Gasteiger partial charge >= 0.3 is 6.18 Å². The molecule has 0 aromatic carbocycles. The fourth-order valence-electron chi connectivity index (χ4n) is 5.63. The molecule has 0 unspecified atom stereocenters. The van der Waals surface area contributed by atoms with E-state index < -0.39 is 6.18 Å². The Morgan fingerprint density at radius 1 is 0.313 bits per heavy atom. The van der Waals surface area contributed by atoms with Crippen LogP contribution in [0.2, 0.25) is 0 Å². The van der Waals surface area contributed by atoms with Crippen LogP contribution in [0.3, 0.4) is 0 Å². The highest BCUT2D eigenvalue weighted by molar-refractivity contribution is 7.09. The van der Waals surface area contributed by atoms with E-state index in [9.17, 15) is 13.2 Å². The van der Waals surface area contributed by atoms with Gasteiger partial charge < -0.3 is 0 Å². The minimum atomic E-state index is -4.00. The zero-order valence-corrected chi connectivity index (χ0v) is 74.5. The van der Waals surface area contributed by atoms with Gasteiger partial charge in [-0.3, -0.25) is 4.98 Å². The van der Waals surface area contributed by atoms with Crippen LogP contribution in [0.4, 0.5) is 13.2 Å². The molecule has 99 heavy (non-hydrogen) atoms. The van der Waals surface area contributed by atoms with Crippen molar-refractivity contribution in [3.63, 3.8) is 0 Å². The average Bonchev–Trinajstić information content (AvgIpc) is 1.36. The number of halogens is 3. The van der Waals surface area contributed by atoms with E-state index in [2.05, 4.69) is 284 Å². The molecule has 9 aromatic heterocycles. The molecule has 22 heteroatoms. The van der Waals surface area contributed by atoms with E-state index in [1.54, 1.807) is 62.9 Å². The van der Waals surface area contributed by atoms with E-state index in [-0.39, 0.29) is 57.7 Å². The van der Waals surface area contributed by atoms with E-state index in [1.807, 2.05) is 110 Å². The maximum atomic E-state index is 10.4. The van der Waals surface area contributed by atoms with Gasteiger partial charge in [0.2, 0.25) is 0 Å². The standard InChI is InChI=1S/C9H13N.C8H12S.3C7H12N2S.4C7H11NS.C2H3F3.4C2H6.CH4/c1-9(2,3)8-5-4-6-10-7-8;1-8(2,3)7-4-5-9-6-7;3*1-5-8-6(10-9-5)7(2,3)4;4*1-7(2,3)6-4-9-5-8-6;1-2(3,4)5;4*1-2;/h4-7H,1-3H3;4-6H,1-3H3;3*1-4H3;4*4-5H,1-3H3;1H3;4*1-2H3;1H4. The monoisotopic (exact) mass is 1530 g/mol. The van der Waals surface area contributed by atoms with Crippen LogP contribution in [0.25, 0.3) is 0 Å². The van der Waals surface area contributed by atoms with Crippen molar-refractivity contribution < 1.29 is 13.2 Å². The lowest BCUT2D eigenvalue weighted by molar-refractivity contribution is -0.110. The minimum Gasteiger partial charge on any atom is -0.264 e. The van der Waals surface area contributed by atoms with E-state index in [4.69, 9.17) is 0 Å². The molecule has 0 bridgehead atoms. The molecule has 0 N–H and O–H groups in total. The molecular formula is C77H136F3N11S8. The van der Waals surface area contributed by atoms with Gasteiger partial charge in [-0.25, -0.2) is 34.9 Å². The van der Waals surface area contributed by atoms with Gasteiger partial charge in [0.1, 0.15) is 32.5 Å². The summed E-state index contributed by atoms with van der Waals surface area (Å²) in [5.41, 5.74) is 16.9. The fourth-order valence-corrected chi connectivity index (χ4v) is 11.7. The highest BCUT2D eigenvalue weighted by Crippen LogP contribution is 2.28. The Morgan fingerprint density at radius 3 is 0.646 bits per heavy atom. The van der Waals surface area contributed by atoms with Crippen LogP contribution in [0.5, 0.6) is 0 Å². The molecule has 0 radical (unpaired) electrons. The first-order valence-corrected chi connectivity index (χ1v) is 40.6. The largest absolute Gasteiger partial charge is 0.386 e. The number of pyridine rings is 1. The number of rotatable bonds is 0. The summed E-state index contributed by atoms with van der Waals surface area (Å²) in [7, 11) is 0. The zero-order valence-electron chi connectivity index (χ0n) is 68.0. The number of thiophene rings is 1. The molecule has 9 rings (SSSR count). The molecule has 0 saturated carbocycles. The summed E-state index contributed by atoms with van der Waals surface area (Å²) in [5.74, 6) is 2.65. The summed E-state index contributed by atoms with van der Waals surface area (Å²) in [6.07, 6.45) is -0.283. The topological polar surface area (TPSA) is 142 Å². The van der Waals surface area contributed by atoms with Gasteiger partial charge in [-0.2, -0.15) is 37.6 Å². The molecule has 0 atom stereocenters. The lowest BCUT2D eigenvalue weighted by Crippen LogP contribution is -2.10. The Balaban J connectivity index is -0.000000240. The Morgan fingerprint density at radius 2 is 0.556 bits per heavy atom. The first-order chi connectivity index (χ1) is 44.6. The summed E-state index contributed by atoms with van der Waals surface area (Å²) in [6.45, 7) is 80.5. The van der Waals surface area contributed by atoms with Gasteiger partial charge in [-0.15, -0.1) is 45.3 Å². The summed E-state index contributed by atoms with van der Waals surface area (Å²) < 4.78 is 43.4. The highest BCUT2D eigenvalue weighted by Gasteiger charge is 2.22.